The minimum absolute atomic E-state index is 0.0181. The van der Waals surface area contributed by atoms with Crippen LogP contribution in [0.5, 0.6) is 0 Å². The molecule has 3 heterocycles. The molecule has 7 atom stereocenters. The quantitative estimate of drug-likeness (QED) is 0.0566. The zero-order valence-electron chi connectivity index (χ0n) is 39.2. The van der Waals surface area contributed by atoms with Crippen molar-refractivity contribution in [2.24, 2.45) is 0 Å². The third kappa shape index (κ3) is 8.27. The Morgan fingerprint density at radius 2 is 1.41 bits per heavy atom. The Labute approximate surface area is 376 Å². The van der Waals surface area contributed by atoms with Crippen LogP contribution < -0.4 is 5.32 Å². The van der Waals surface area contributed by atoms with Crippen LogP contribution in [0.3, 0.4) is 0 Å². The molecule has 0 radical (unpaired) electrons. The molecular weight excluding hydrogens is 847 g/mol. The number of fused-ring (bicyclic) bond motifs is 3. The predicted octanol–water partition coefficient (Wildman–Crippen LogP) is 10.1. The van der Waals surface area contributed by atoms with Crippen LogP contribution in [-0.4, -0.2) is 85.1 Å². The molecular formula is C48H61N5O9Si2. The fourth-order valence-electron chi connectivity index (χ4n) is 8.77. The average molecular weight is 908 g/mol. The lowest BCUT2D eigenvalue weighted by molar-refractivity contribution is -0.187. The number of benzene rings is 4. The van der Waals surface area contributed by atoms with Crippen LogP contribution in [0.1, 0.15) is 98.2 Å². The summed E-state index contributed by atoms with van der Waals surface area (Å²) in [4.78, 5) is 53.1. The van der Waals surface area contributed by atoms with Crippen LogP contribution in [0, 0.1) is 0 Å². The van der Waals surface area contributed by atoms with Gasteiger partial charge in [-0.3, -0.25) is 19.0 Å². The maximum absolute atomic E-state index is 13.1. The number of nitrogens with zero attached hydrogens (tertiary/aromatic N) is 4. The molecule has 14 nitrogen and oxygen atoms in total. The monoisotopic (exact) mass is 907 g/mol. The normalized spacial score (nSPS) is 23.2. The molecule has 0 bridgehead atoms. The van der Waals surface area contributed by atoms with E-state index in [2.05, 4.69) is 97.3 Å². The summed E-state index contributed by atoms with van der Waals surface area (Å²) >= 11 is 0. The molecule has 1 aliphatic carbocycles. The van der Waals surface area contributed by atoms with Crippen molar-refractivity contribution in [3.63, 3.8) is 0 Å². The first-order valence-electron chi connectivity index (χ1n) is 22.1. The Morgan fingerprint density at radius 1 is 0.781 bits per heavy atom. The van der Waals surface area contributed by atoms with Crippen LogP contribution in [0.2, 0.25) is 36.3 Å². The van der Waals surface area contributed by atoms with Crippen molar-refractivity contribution in [1.29, 1.82) is 0 Å². The molecule has 0 spiro atoms. The summed E-state index contributed by atoms with van der Waals surface area (Å²) in [6, 6.07) is 15.5. The molecule has 1 saturated heterocycles. The molecule has 6 aromatic rings. The number of anilines is 1. The molecule has 64 heavy (non-hydrogen) atoms. The van der Waals surface area contributed by atoms with Crippen LogP contribution in [0.25, 0.3) is 43.5 Å². The van der Waals surface area contributed by atoms with Gasteiger partial charge < -0.3 is 33.1 Å². The molecule has 1 fully saturated rings. The van der Waals surface area contributed by atoms with Crippen molar-refractivity contribution in [2.45, 2.75) is 148 Å². The average Bonchev–Trinajstić information content (AvgIpc) is 3.81. The number of carbonyl (C=O) groups is 3. The zero-order valence-corrected chi connectivity index (χ0v) is 41.2. The second-order valence-corrected chi connectivity index (χ2v) is 30.0. The Bertz CT molecular complexity index is 2740. The van der Waals surface area contributed by atoms with Gasteiger partial charge in [0.05, 0.1) is 25.1 Å². The van der Waals surface area contributed by atoms with Crippen molar-refractivity contribution < 1.29 is 42.2 Å². The number of rotatable bonds is 11. The van der Waals surface area contributed by atoms with E-state index in [9.17, 15) is 14.4 Å². The molecule has 2 aliphatic rings. The Morgan fingerprint density at radius 3 is 2.05 bits per heavy atom. The van der Waals surface area contributed by atoms with Gasteiger partial charge in [-0.05, 0) is 80.2 Å². The number of ether oxygens (including phenoxy) is 4. The van der Waals surface area contributed by atoms with Gasteiger partial charge in [0, 0.05) is 32.8 Å². The van der Waals surface area contributed by atoms with Gasteiger partial charge in [-0.2, -0.15) is 0 Å². The third-order valence-electron chi connectivity index (χ3n) is 14.0. The van der Waals surface area contributed by atoms with Gasteiger partial charge in [0.25, 0.3) is 0 Å². The first-order valence-corrected chi connectivity index (χ1v) is 27.9. The Kier molecular flexibility index (Phi) is 11.7. The van der Waals surface area contributed by atoms with Crippen molar-refractivity contribution >= 4 is 83.8 Å². The van der Waals surface area contributed by atoms with Crippen LogP contribution in [-0.2, 0) is 42.2 Å². The number of hydrogen-bond donors (Lipinski definition) is 1. The van der Waals surface area contributed by atoms with Crippen LogP contribution >= 0.6 is 0 Å². The van der Waals surface area contributed by atoms with Gasteiger partial charge in [0.15, 0.2) is 51.9 Å². The molecule has 4 aromatic carbocycles. The summed E-state index contributed by atoms with van der Waals surface area (Å²) in [5.41, 5.74) is 2.26. The summed E-state index contributed by atoms with van der Waals surface area (Å²) in [5, 5.41) is 9.53. The van der Waals surface area contributed by atoms with E-state index in [4.69, 9.17) is 42.8 Å². The van der Waals surface area contributed by atoms with E-state index in [0.29, 0.717) is 41.1 Å². The smallest absolute Gasteiger partial charge is 0.303 e. The lowest BCUT2D eigenvalue weighted by Crippen LogP contribution is -2.50. The highest BCUT2D eigenvalue weighted by atomic mass is 28.4. The minimum atomic E-state index is -2.22. The fourth-order valence-corrected chi connectivity index (χ4v) is 11.1. The number of carbonyl (C=O) groups excluding carboxylic acids is 3. The third-order valence-corrected chi connectivity index (χ3v) is 23.0. The van der Waals surface area contributed by atoms with E-state index < -0.39 is 65.1 Å². The van der Waals surface area contributed by atoms with Crippen molar-refractivity contribution in [2.75, 3.05) is 11.9 Å². The van der Waals surface area contributed by atoms with Crippen molar-refractivity contribution in [3.05, 3.63) is 72.3 Å². The lowest BCUT2D eigenvalue weighted by Gasteiger charge is -2.43. The molecule has 2 aromatic heterocycles. The van der Waals surface area contributed by atoms with Crippen molar-refractivity contribution in [1.82, 2.24) is 19.5 Å². The standard InChI is InChI=1S/C48H61N5O9Si2/c1-26(54)58-42-33-21-31-18-17-29-15-14-16-30-19-20-32(38(31)37(29)30)39(33)40(43(59-27(2)55)44(42)60-28(3)56)52-45-41-46(50-24-49-45)53(25-51-41)36-22-34(62-64(12,13)48(7,8)9)35(61-36)23-57-63(10,11)47(4,5)6/h14-21,24-25,34-36,40,42-44H,22-23H2,1-13H3,(H,49,50,52)/t34-,35+,36+,40-,42+,43+,44-/m0/s1. The van der Waals surface area contributed by atoms with E-state index >= 15 is 0 Å². The molecule has 0 saturated carbocycles. The number of esters is 3. The molecule has 1 N–H and O–H groups in total. The first kappa shape index (κ1) is 45.6. The van der Waals surface area contributed by atoms with E-state index in [1.807, 2.05) is 28.8 Å². The van der Waals surface area contributed by atoms with Crippen molar-refractivity contribution in [3.8, 4) is 0 Å². The molecule has 1 aliphatic heterocycles. The zero-order chi connectivity index (χ0) is 46.3. The van der Waals surface area contributed by atoms with Crippen LogP contribution in [0.15, 0.2) is 61.2 Å². The van der Waals surface area contributed by atoms with Gasteiger partial charge in [-0.1, -0.05) is 84.0 Å². The molecule has 8 rings (SSSR count). The lowest BCUT2D eigenvalue weighted by atomic mass is 9.77. The minimum Gasteiger partial charge on any atom is -0.456 e. The number of imidazole rings is 1. The number of hydrogen-bond acceptors (Lipinski definition) is 13. The summed E-state index contributed by atoms with van der Waals surface area (Å²) < 4.78 is 40.7. The predicted molar refractivity (Wildman–Crippen MR) is 251 cm³/mol. The second-order valence-electron chi connectivity index (χ2n) is 20.4. The van der Waals surface area contributed by atoms with E-state index in [1.165, 1.54) is 27.1 Å². The summed E-state index contributed by atoms with van der Waals surface area (Å²) in [6.45, 7) is 26.6. The summed E-state index contributed by atoms with van der Waals surface area (Å²) in [5.74, 6) is -1.49. The van der Waals surface area contributed by atoms with Gasteiger partial charge in [-0.15, -0.1) is 0 Å². The highest BCUT2D eigenvalue weighted by molar-refractivity contribution is 6.74. The van der Waals surface area contributed by atoms with E-state index in [-0.39, 0.29) is 22.3 Å². The Balaban J connectivity index is 1.24. The molecule has 0 amide bonds. The highest BCUT2D eigenvalue weighted by Crippen LogP contribution is 2.50. The summed E-state index contributed by atoms with van der Waals surface area (Å²) in [7, 11) is -4.34. The SMILES string of the molecule is CC(=O)O[C@@H]1[C@H](OC(C)=O)[C@@H](Nc2ncnc3c2ncn3[C@H]2C[C@H](O[Si](C)(C)C(C)(C)C)[C@@H](CO[Si](C)(C)C(C)(C)C)O2)c2c(cc3ccc4cccc5ccc2c3c45)[C@H]1OC(C)=O. The van der Waals surface area contributed by atoms with Gasteiger partial charge >= 0.3 is 17.9 Å². The fraction of sp³-hybridized carbons (Fsp3) is 0.500. The van der Waals surface area contributed by atoms with Gasteiger partial charge in [0.1, 0.15) is 18.7 Å². The van der Waals surface area contributed by atoms with Gasteiger partial charge in [0.2, 0.25) is 0 Å². The van der Waals surface area contributed by atoms with Crippen LogP contribution in [0.4, 0.5) is 5.82 Å². The van der Waals surface area contributed by atoms with E-state index in [0.717, 1.165) is 32.3 Å². The highest BCUT2D eigenvalue weighted by Gasteiger charge is 2.51. The van der Waals surface area contributed by atoms with E-state index in [1.54, 1.807) is 6.33 Å². The molecule has 0 unspecified atom stereocenters. The summed E-state index contributed by atoms with van der Waals surface area (Å²) in [6.07, 6.45) is -0.823. The van der Waals surface area contributed by atoms with Gasteiger partial charge in [-0.25, -0.2) is 15.0 Å². The largest absolute Gasteiger partial charge is 0.456 e. The maximum Gasteiger partial charge on any atom is 0.303 e. The Hall–Kier alpha value is -5.01. The first-order chi connectivity index (χ1) is 30.0. The number of nitrogens with one attached hydrogen (secondary N) is 1. The number of aromatic nitrogens is 4. The maximum atomic E-state index is 13.1. The molecule has 340 valence electrons. The topological polar surface area (TPSA) is 162 Å². The molecule has 16 heteroatoms. The second kappa shape index (κ2) is 16.5.